The van der Waals surface area contributed by atoms with E-state index in [2.05, 4.69) is 5.32 Å². The maximum Gasteiger partial charge on any atom is 0.339 e. The summed E-state index contributed by atoms with van der Waals surface area (Å²) in [5.74, 6) is -1.29. The summed E-state index contributed by atoms with van der Waals surface area (Å²) < 4.78 is 5.23. The van der Waals surface area contributed by atoms with Gasteiger partial charge in [-0.3, -0.25) is 14.9 Å². The molecule has 0 aromatic heterocycles. The molecule has 7 heteroatoms. The van der Waals surface area contributed by atoms with Crippen LogP contribution in [0.1, 0.15) is 34.5 Å². The molecule has 3 rings (SSSR count). The third-order valence-electron chi connectivity index (χ3n) is 4.50. The Morgan fingerprint density at radius 1 is 0.900 bits per heavy atom. The number of ether oxygens (including phenoxy) is 1. The van der Waals surface area contributed by atoms with Gasteiger partial charge in [-0.2, -0.15) is 0 Å². The fourth-order valence-corrected chi connectivity index (χ4v) is 2.94. The highest BCUT2D eigenvalue weighted by Gasteiger charge is 2.24. The number of benzene rings is 3. The van der Waals surface area contributed by atoms with Gasteiger partial charge in [-0.05, 0) is 24.1 Å². The third kappa shape index (κ3) is 5.08. The van der Waals surface area contributed by atoms with Gasteiger partial charge in [0, 0.05) is 12.1 Å². The highest BCUT2D eigenvalue weighted by atomic mass is 16.6. The minimum absolute atomic E-state index is 0.00604. The van der Waals surface area contributed by atoms with Crippen LogP contribution in [-0.2, 0) is 9.53 Å². The van der Waals surface area contributed by atoms with E-state index in [1.165, 1.54) is 25.1 Å². The van der Waals surface area contributed by atoms with E-state index in [0.717, 1.165) is 17.2 Å². The SMILES string of the molecule is C[C@H](OC(=O)c1cccc([N+](=O)[O-])c1)C(=O)NC(c1ccccc1)c1ccccc1. The van der Waals surface area contributed by atoms with Crippen LogP contribution in [0.25, 0.3) is 0 Å². The van der Waals surface area contributed by atoms with Gasteiger partial charge in [-0.1, -0.05) is 66.7 Å². The largest absolute Gasteiger partial charge is 0.449 e. The highest BCUT2D eigenvalue weighted by Crippen LogP contribution is 2.22. The van der Waals surface area contributed by atoms with E-state index in [-0.39, 0.29) is 11.3 Å². The molecule has 0 saturated heterocycles. The first kappa shape index (κ1) is 20.7. The molecule has 0 spiro atoms. The van der Waals surface area contributed by atoms with Crippen LogP contribution in [-0.4, -0.2) is 22.9 Å². The number of carbonyl (C=O) groups excluding carboxylic acids is 2. The molecule has 1 amide bonds. The van der Waals surface area contributed by atoms with Gasteiger partial charge in [0.05, 0.1) is 16.5 Å². The van der Waals surface area contributed by atoms with Gasteiger partial charge in [-0.25, -0.2) is 4.79 Å². The van der Waals surface area contributed by atoms with Crippen molar-refractivity contribution in [3.05, 3.63) is 112 Å². The molecular formula is C23H20N2O5. The summed E-state index contributed by atoms with van der Waals surface area (Å²) in [4.78, 5) is 35.4. The fourth-order valence-electron chi connectivity index (χ4n) is 2.94. The number of carbonyl (C=O) groups is 2. The zero-order valence-corrected chi connectivity index (χ0v) is 16.2. The molecule has 0 bridgehead atoms. The predicted molar refractivity (Wildman–Crippen MR) is 111 cm³/mol. The van der Waals surface area contributed by atoms with Crippen LogP contribution in [0.2, 0.25) is 0 Å². The number of esters is 1. The topological polar surface area (TPSA) is 98.5 Å². The van der Waals surface area contributed by atoms with Crippen LogP contribution >= 0.6 is 0 Å². The summed E-state index contributed by atoms with van der Waals surface area (Å²) in [5.41, 5.74) is 1.55. The molecule has 152 valence electrons. The first-order chi connectivity index (χ1) is 14.5. The van der Waals surface area contributed by atoms with Gasteiger partial charge in [-0.15, -0.1) is 0 Å². The number of nitro benzene ring substituents is 1. The summed E-state index contributed by atoms with van der Waals surface area (Å²) in [6, 6.07) is 23.6. The normalized spacial score (nSPS) is 11.5. The summed E-state index contributed by atoms with van der Waals surface area (Å²) >= 11 is 0. The molecule has 7 nitrogen and oxygen atoms in total. The number of rotatable bonds is 7. The molecule has 3 aromatic carbocycles. The van der Waals surface area contributed by atoms with Crippen molar-refractivity contribution in [2.45, 2.75) is 19.1 Å². The molecule has 0 fully saturated rings. The summed E-state index contributed by atoms with van der Waals surface area (Å²) in [5, 5.41) is 13.8. The molecule has 3 aromatic rings. The van der Waals surface area contributed by atoms with Crippen molar-refractivity contribution >= 4 is 17.6 Å². The Bertz CT molecular complexity index is 998. The van der Waals surface area contributed by atoms with E-state index in [1.54, 1.807) is 0 Å². The number of nitro groups is 1. The Morgan fingerprint density at radius 3 is 2.00 bits per heavy atom. The van der Waals surface area contributed by atoms with E-state index in [0.29, 0.717) is 0 Å². The lowest BCUT2D eigenvalue weighted by molar-refractivity contribution is -0.384. The molecule has 1 N–H and O–H groups in total. The summed E-state index contributed by atoms with van der Waals surface area (Å²) in [6.45, 7) is 1.46. The monoisotopic (exact) mass is 404 g/mol. The second-order valence-corrected chi connectivity index (χ2v) is 6.62. The maximum absolute atomic E-state index is 12.7. The van der Waals surface area contributed by atoms with Gasteiger partial charge in [0.25, 0.3) is 11.6 Å². The zero-order valence-electron chi connectivity index (χ0n) is 16.2. The number of hydrogen-bond donors (Lipinski definition) is 1. The van der Waals surface area contributed by atoms with Crippen molar-refractivity contribution < 1.29 is 19.2 Å². The number of non-ortho nitro benzene ring substituents is 1. The lowest BCUT2D eigenvalue weighted by Gasteiger charge is -2.22. The van der Waals surface area contributed by atoms with Crippen molar-refractivity contribution in [1.29, 1.82) is 0 Å². The van der Waals surface area contributed by atoms with Crippen molar-refractivity contribution in [3.8, 4) is 0 Å². The van der Waals surface area contributed by atoms with Gasteiger partial charge in [0.2, 0.25) is 0 Å². The van der Waals surface area contributed by atoms with Crippen molar-refractivity contribution in [3.63, 3.8) is 0 Å². The zero-order chi connectivity index (χ0) is 21.5. The molecule has 0 aliphatic heterocycles. The number of hydrogen-bond acceptors (Lipinski definition) is 5. The second-order valence-electron chi connectivity index (χ2n) is 6.62. The van der Waals surface area contributed by atoms with Gasteiger partial charge in [0.1, 0.15) is 0 Å². The lowest BCUT2D eigenvalue weighted by Crippen LogP contribution is -2.38. The van der Waals surface area contributed by atoms with E-state index in [1.807, 2.05) is 60.7 Å². The van der Waals surface area contributed by atoms with Crippen molar-refractivity contribution in [1.82, 2.24) is 5.32 Å². The third-order valence-corrected chi connectivity index (χ3v) is 4.50. The van der Waals surface area contributed by atoms with Crippen LogP contribution in [0.15, 0.2) is 84.9 Å². The first-order valence-corrected chi connectivity index (χ1v) is 9.31. The molecule has 0 saturated carbocycles. The minimum Gasteiger partial charge on any atom is -0.449 e. The van der Waals surface area contributed by atoms with E-state index < -0.39 is 28.9 Å². The Balaban J connectivity index is 1.73. The Kier molecular flexibility index (Phi) is 6.54. The second kappa shape index (κ2) is 9.47. The lowest BCUT2D eigenvalue weighted by atomic mass is 9.98. The number of amides is 1. The Labute approximate surface area is 173 Å². The van der Waals surface area contributed by atoms with Gasteiger partial charge < -0.3 is 10.1 Å². The van der Waals surface area contributed by atoms with E-state index in [9.17, 15) is 19.7 Å². The van der Waals surface area contributed by atoms with Crippen LogP contribution in [0, 0.1) is 10.1 Å². The number of nitrogens with one attached hydrogen (secondary N) is 1. The van der Waals surface area contributed by atoms with Crippen molar-refractivity contribution in [2.24, 2.45) is 0 Å². The van der Waals surface area contributed by atoms with E-state index >= 15 is 0 Å². The maximum atomic E-state index is 12.7. The Morgan fingerprint density at radius 2 is 1.47 bits per heavy atom. The Hall–Kier alpha value is -4.00. The molecule has 1 atom stereocenters. The van der Waals surface area contributed by atoms with Gasteiger partial charge in [0.15, 0.2) is 6.10 Å². The average Bonchev–Trinajstić information content (AvgIpc) is 2.78. The fraction of sp³-hybridized carbons (Fsp3) is 0.130. The minimum atomic E-state index is -1.09. The van der Waals surface area contributed by atoms with Gasteiger partial charge >= 0.3 is 5.97 Å². The highest BCUT2D eigenvalue weighted by molar-refractivity contribution is 5.92. The predicted octanol–water partition coefficient (Wildman–Crippen LogP) is 4.05. The number of nitrogens with zero attached hydrogens (tertiary/aromatic N) is 1. The summed E-state index contributed by atoms with van der Waals surface area (Å²) in [7, 11) is 0. The first-order valence-electron chi connectivity index (χ1n) is 9.31. The molecule has 0 heterocycles. The average molecular weight is 404 g/mol. The van der Waals surface area contributed by atoms with Crippen LogP contribution in [0.3, 0.4) is 0 Å². The van der Waals surface area contributed by atoms with Crippen LogP contribution in [0.4, 0.5) is 5.69 Å². The quantitative estimate of drug-likeness (QED) is 0.364. The smallest absolute Gasteiger partial charge is 0.339 e. The van der Waals surface area contributed by atoms with Crippen molar-refractivity contribution in [2.75, 3.05) is 0 Å². The van der Waals surface area contributed by atoms with E-state index in [4.69, 9.17) is 4.74 Å². The standard InChI is InChI=1S/C23H20N2O5/c1-16(30-23(27)19-13-8-14-20(15-19)25(28)29)22(26)24-21(17-9-4-2-5-10-17)18-11-6-3-7-12-18/h2-16,21H,1H3,(H,24,26)/t16-/m0/s1. The summed E-state index contributed by atoms with van der Waals surface area (Å²) in [6.07, 6.45) is -1.09. The molecular weight excluding hydrogens is 384 g/mol. The van der Waals surface area contributed by atoms with Crippen LogP contribution in [0.5, 0.6) is 0 Å². The molecule has 0 aliphatic rings. The molecule has 0 aliphatic carbocycles. The molecule has 30 heavy (non-hydrogen) atoms. The molecule has 0 unspecified atom stereocenters. The molecule has 0 radical (unpaired) electrons. The van der Waals surface area contributed by atoms with Crippen LogP contribution < -0.4 is 5.32 Å².